The van der Waals surface area contributed by atoms with Crippen molar-refractivity contribution in [2.75, 3.05) is 32.1 Å². The van der Waals surface area contributed by atoms with Crippen molar-refractivity contribution < 1.29 is 0 Å². The van der Waals surface area contributed by atoms with Gasteiger partial charge in [-0.2, -0.15) is 5.10 Å². The maximum atomic E-state index is 5.56. The zero-order chi connectivity index (χ0) is 23.3. The van der Waals surface area contributed by atoms with Crippen molar-refractivity contribution in [3.05, 3.63) is 70.2 Å². The van der Waals surface area contributed by atoms with Crippen LogP contribution in [0.3, 0.4) is 0 Å². The van der Waals surface area contributed by atoms with Crippen molar-refractivity contribution >= 4 is 24.9 Å². The summed E-state index contributed by atoms with van der Waals surface area (Å²) in [4.78, 5) is 2.37. The number of fused-ring (bicyclic) bond motifs is 1. The number of rotatable bonds is 4. The Kier molecular flexibility index (Phi) is 5.85. The van der Waals surface area contributed by atoms with Crippen molar-refractivity contribution in [1.29, 1.82) is 0 Å². The number of benzene rings is 2. The molecule has 2 heterocycles. The molecule has 2 aliphatic rings. The van der Waals surface area contributed by atoms with E-state index >= 15 is 0 Å². The van der Waals surface area contributed by atoms with E-state index < -0.39 is 7.36 Å². The van der Waals surface area contributed by atoms with Gasteiger partial charge in [-0.05, 0) is 48.7 Å². The molecule has 170 valence electrons. The second-order valence-corrected chi connectivity index (χ2v) is 12.2. The largest absolute Gasteiger partial charge is 0.346 e. The minimum absolute atomic E-state index is 0.130. The Morgan fingerprint density at radius 2 is 1.69 bits per heavy atom. The van der Waals surface area contributed by atoms with Crippen LogP contribution in [0, 0.1) is 13.8 Å². The van der Waals surface area contributed by atoms with Gasteiger partial charge >= 0.3 is 0 Å². The molecule has 2 aliphatic heterocycles. The second-order valence-electron chi connectivity index (χ2n) is 9.24. The van der Waals surface area contributed by atoms with Crippen LogP contribution >= 0.6 is 7.36 Å². The van der Waals surface area contributed by atoms with Crippen molar-refractivity contribution in [2.45, 2.75) is 47.0 Å². The molecule has 0 aliphatic carbocycles. The van der Waals surface area contributed by atoms with Gasteiger partial charge in [0.25, 0.3) is 0 Å². The topological polar surface area (TPSA) is 34.4 Å². The maximum Gasteiger partial charge on any atom is 0.174 e. The summed E-state index contributed by atoms with van der Waals surface area (Å²) < 4.78 is 10.2. The highest BCUT2D eigenvalue weighted by Crippen LogP contribution is 2.69. The lowest BCUT2D eigenvalue weighted by Gasteiger charge is -2.39. The lowest BCUT2D eigenvalue weighted by Crippen LogP contribution is -2.30. The smallest absolute Gasteiger partial charge is 0.174 e. The van der Waals surface area contributed by atoms with E-state index in [9.17, 15) is 0 Å². The third kappa shape index (κ3) is 3.25. The lowest BCUT2D eigenvalue weighted by atomic mass is 9.84. The Bertz CT molecular complexity index is 1160. The summed E-state index contributed by atoms with van der Waals surface area (Å²) in [5.41, 5.74) is 7.39. The van der Waals surface area contributed by atoms with E-state index in [4.69, 9.17) is 9.85 Å². The van der Waals surface area contributed by atoms with Crippen LogP contribution < -0.4 is 4.90 Å². The Balaban J connectivity index is 2.06. The van der Waals surface area contributed by atoms with E-state index in [1.807, 2.05) is 0 Å². The highest BCUT2D eigenvalue weighted by Gasteiger charge is 2.47. The minimum Gasteiger partial charge on any atom is -0.346 e. The molecule has 5 nitrogen and oxygen atoms in total. The summed E-state index contributed by atoms with van der Waals surface area (Å²) in [5.74, 6) is 0. The van der Waals surface area contributed by atoms with Crippen LogP contribution in [0.25, 0.3) is 0 Å². The molecule has 6 heteroatoms. The summed E-state index contributed by atoms with van der Waals surface area (Å²) in [6, 6.07) is 15.3. The van der Waals surface area contributed by atoms with Crippen LogP contribution in [0.4, 0.5) is 11.4 Å². The summed E-state index contributed by atoms with van der Waals surface area (Å²) in [5, 5.41) is 6.12. The Morgan fingerprint density at radius 1 is 1.00 bits per heavy atom. The molecule has 32 heavy (non-hydrogen) atoms. The number of hydrogen-bond donors (Lipinski definition) is 0. The van der Waals surface area contributed by atoms with Gasteiger partial charge in [0.2, 0.25) is 0 Å². The van der Waals surface area contributed by atoms with E-state index in [1.165, 1.54) is 33.4 Å². The fraction of sp³-hybridized carbons (Fsp3) is 0.423. The van der Waals surface area contributed by atoms with Crippen molar-refractivity contribution in [2.24, 2.45) is 9.85 Å². The molecule has 1 unspecified atom stereocenters. The molecule has 0 radical (unpaired) electrons. The predicted octanol–water partition coefficient (Wildman–Crippen LogP) is 6.88. The minimum atomic E-state index is -2.30. The Morgan fingerprint density at radius 3 is 2.31 bits per heavy atom. The summed E-state index contributed by atoms with van der Waals surface area (Å²) in [6.07, 6.45) is 2.08. The van der Waals surface area contributed by atoms with E-state index in [2.05, 4.69) is 119 Å². The number of para-hydroxylation sites is 1. The zero-order valence-electron chi connectivity index (χ0n) is 20.7. The molecule has 2 aromatic carbocycles. The van der Waals surface area contributed by atoms with Crippen LogP contribution in [-0.4, -0.2) is 42.8 Å². The maximum absolute atomic E-state index is 5.56. The normalized spacial score (nSPS) is 23.9. The molecule has 2 aromatic rings. The summed E-state index contributed by atoms with van der Waals surface area (Å²) >= 11 is 0. The van der Waals surface area contributed by atoms with Crippen molar-refractivity contribution in [1.82, 2.24) is 9.45 Å². The molecule has 4 rings (SSSR count). The van der Waals surface area contributed by atoms with Crippen LogP contribution in [0.5, 0.6) is 0 Å². The van der Waals surface area contributed by atoms with Gasteiger partial charge in [-0.15, -0.1) is 0 Å². The van der Waals surface area contributed by atoms with Gasteiger partial charge in [0.15, 0.2) is 7.36 Å². The average molecular weight is 450 g/mol. The van der Waals surface area contributed by atoms with Gasteiger partial charge < -0.3 is 4.90 Å². The predicted molar refractivity (Wildman–Crippen MR) is 139 cm³/mol. The molecule has 0 amide bonds. The average Bonchev–Trinajstić information content (AvgIpc) is 3.17. The molecule has 0 spiro atoms. The SMILES string of the molecule is CCN(CC)P1(=Nc2ccc(C)c(C)c2)C(=C2N(C)c3ccccc3C2(C)C)C=NN1C. The first-order valence-electron chi connectivity index (χ1n) is 11.5. The van der Waals surface area contributed by atoms with E-state index in [0.29, 0.717) is 0 Å². The molecule has 0 saturated heterocycles. The number of nitrogens with zero attached hydrogens (tertiary/aromatic N) is 5. The van der Waals surface area contributed by atoms with Gasteiger partial charge in [0.1, 0.15) is 0 Å². The first kappa shape index (κ1) is 22.8. The molecule has 0 fully saturated rings. The third-order valence-corrected chi connectivity index (χ3v) is 10.8. The van der Waals surface area contributed by atoms with Gasteiger partial charge in [-0.3, -0.25) is 0 Å². The van der Waals surface area contributed by atoms with Crippen LogP contribution in [0.1, 0.15) is 44.4 Å². The van der Waals surface area contributed by atoms with E-state index in [1.54, 1.807) is 0 Å². The second kappa shape index (κ2) is 8.20. The number of hydrazone groups is 1. The van der Waals surface area contributed by atoms with Crippen LogP contribution in [0.15, 0.2) is 63.3 Å². The first-order valence-corrected chi connectivity index (χ1v) is 13.1. The van der Waals surface area contributed by atoms with E-state index in [0.717, 1.165) is 18.8 Å². The standard InChI is InChI=1S/C26H36N5P/c1-9-31(10-2)32(28-21-16-15-19(3)20(4)17-21)24(18-27-30(32)8)25-26(5,6)22-13-11-12-14-23(22)29(25)7/h11-18H,9-10H2,1-8H3. The fourth-order valence-corrected chi connectivity index (χ4v) is 8.88. The molecule has 1 atom stereocenters. The van der Waals surface area contributed by atoms with Crippen molar-refractivity contribution in [3.8, 4) is 0 Å². The van der Waals surface area contributed by atoms with E-state index in [-0.39, 0.29) is 5.41 Å². The highest BCUT2D eigenvalue weighted by molar-refractivity contribution is 7.67. The zero-order valence-corrected chi connectivity index (χ0v) is 21.6. The highest BCUT2D eigenvalue weighted by atomic mass is 31.2. The van der Waals surface area contributed by atoms with Crippen LogP contribution in [-0.2, 0) is 5.41 Å². The van der Waals surface area contributed by atoms with Gasteiger partial charge in [-0.1, -0.05) is 52.0 Å². The number of allylic oxidation sites excluding steroid dienone is 2. The van der Waals surface area contributed by atoms with Gasteiger partial charge in [0, 0.05) is 44.0 Å². The summed E-state index contributed by atoms with van der Waals surface area (Å²) in [6.45, 7) is 15.3. The Hall–Kier alpha value is -2.36. The quantitative estimate of drug-likeness (QED) is 0.477. The first-order chi connectivity index (χ1) is 15.2. The molecule has 0 N–H and O–H groups in total. The number of anilines is 1. The number of aryl methyl sites for hydroxylation is 2. The molecule has 0 aromatic heterocycles. The molecular weight excluding hydrogens is 413 g/mol. The third-order valence-electron chi connectivity index (χ3n) is 7.05. The fourth-order valence-electron chi connectivity index (χ4n) is 5.18. The monoisotopic (exact) mass is 449 g/mol. The molecular formula is C26H36N5P. The molecule has 0 saturated carbocycles. The molecule has 0 bridgehead atoms. The van der Waals surface area contributed by atoms with Crippen molar-refractivity contribution in [3.63, 3.8) is 0 Å². The summed E-state index contributed by atoms with van der Waals surface area (Å²) in [7, 11) is 1.98. The van der Waals surface area contributed by atoms with Gasteiger partial charge in [0.05, 0.1) is 17.2 Å². The van der Waals surface area contributed by atoms with Gasteiger partial charge in [-0.25, -0.2) is 14.2 Å². The number of likely N-dealkylation sites (N-methyl/N-ethyl adjacent to an activating group) is 1. The van der Waals surface area contributed by atoms with Crippen LogP contribution in [0.2, 0.25) is 0 Å². The lowest BCUT2D eigenvalue weighted by molar-refractivity contribution is 0.452. The Labute approximate surface area is 193 Å². The number of hydrogen-bond acceptors (Lipinski definition) is 3.